The lowest BCUT2D eigenvalue weighted by atomic mass is 9.96. The molecule has 1 amide bonds. The van der Waals surface area contributed by atoms with Crippen molar-refractivity contribution in [1.29, 1.82) is 0 Å². The number of nitrogens with one attached hydrogen (secondary N) is 1. The van der Waals surface area contributed by atoms with Crippen LogP contribution in [0.5, 0.6) is 0 Å². The fourth-order valence-corrected chi connectivity index (χ4v) is 3.78. The highest BCUT2D eigenvalue weighted by molar-refractivity contribution is 9.10. The summed E-state index contributed by atoms with van der Waals surface area (Å²) in [7, 11) is 0. The maximum atomic E-state index is 13.5. The lowest BCUT2D eigenvalue weighted by Gasteiger charge is -2.32. The Bertz CT molecular complexity index is 1110. The zero-order valence-electron chi connectivity index (χ0n) is 16.1. The van der Waals surface area contributed by atoms with E-state index < -0.39 is 5.82 Å². The summed E-state index contributed by atoms with van der Waals surface area (Å²) in [6.45, 7) is 1.29. The highest BCUT2D eigenvalue weighted by atomic mass is 79.9. The maximum absolute atomic E-state index is 13.5. The van der Waals surface area contributed by atoms with Crippen LogP contribution < -0.4 is 15.8 Å². The Kier molecular flexibility index (Phi) is 5.94. The van der Waals surface area contributed by atoms with Crippen molar-refractivity contribution >= 4 is 33.3 Å². The summed E-state index contributed by atoms with van der Waals surface area (Å²) in [5.41, 5.74) is 0.827. The fourth-order valence-electron chi connectivity index (χ4n) is 3.51. The average molecular weight is 471 g/mol. The van der Waals surface area contributed by atoms with Crippen LogP contribution in [0, 0.1) is 11.7 Å². The molecule has 3 aromatic rings. The Hall–Kier alpha value is -3.00. The minimum absolute atomic E-state index is 0.00895. The lowest BCUT2D eigenvalue weighted by Crippen LogP contribution is -2.39. The third kappa shape index (κ3) is 4.59. The molecule has 0 aliphatic carbocycles. The molecule has 1 aliphatic rings. The number of carbonyl (C=O) groups excluding carboxylic acids is 1. The van der Waals surface area contributed by atoms with Gasteiger partial charge in [0.05, 0.1) is 5.69 Å². The molecule has 154 valence electrons. The Labute approximate surface area is 181 Å². The molecule has 0 spiro atoms. The van der Waals surface area contributed by atoms with Gasteiger partial charge in [0.1, 0.15) is 11.6 Å². The molecule has 1 saturated heterocycles. The van der Waals surface area contributed by atoms with E-state index in [0.717, 1.165) is 10.2 Å². The normalized spacial score (nSPS) is 14.5. The van der Waals surface area contributed by atoms with Gasteiger partial charge in [0.2, 0.25) is 5.91 Å². The quantitative estimate of drug-likeness (QED) is 0.625. The van der Waals surface area contributed by atoms with Gasteiger partial charge in [-0.3, -0.25) is 9.59 Å². The number of nitrogens with zero attached hydrogens (tertiary/aromatic N) is 3. The molecule has 0 radical (unpaired) electrons. The summed E-state index contributed by atoms with van der Waals surface area (Å²) in [6.07, 6.45) is 1.37. The summed E-state index contributed by atoms with van der Waals surface area (Å²) in [5, 5.41) is 7.37. The monoisotopic (exact) mass is 470 g/mol. The van der Waals surface area contributed by atoms with Crippen LogP contribution >= 0.6 is 15.9 Å². The summed E-state index contributed by atoms with van der Waals surface area (Å²) in [6, 6.07) is 16.4. The van der Waals surface area contributed by atoms with E-state index in [-0.39, 0.29) is 17.4 Å². The van der Waals surface area contributed by atoms with E-state index in [1.165, 1.54) is 22.9 Å². The molecule has 0 atom stereocenters. The SMILES string of the molecule is O=C(Nc1ccc(Br)cc1)C1CCN(c2ccc(=O)n(-c3cccc(F)c3)n2)CC1. The Morgan fingerprint density at radius 2 is 1.80 bits per heavy atom. The van der Waals surface area contributed by atoms with E-state index in [2.05, 4.69) is 26.3 Å². The summed E-state index contributed by atoms with van der Waals surface area (Å²) < 4.78 is 15.7. The second kappa shape index (κ2) is 8.79. The predicted molar refractivity (Wildman–Crippen MR) is 118 cm³/mol. The minimum Gasteiger partial charge on any atom is -0.355 e. The van der Waals surface area contributed by atoms with Crippen molar-refractivity contribution in [2.24, 2.45) is 5.92 Å². The van der Waals surface area contributed by atoms with Crippen LogP contribution in [0.4, 0.5) is 15.9 Å². The van der Waals surface area contributed by atoms with Gasteiger partial charge in [0.15, 0.2) is 0 Å². The largest absolute Gasteiger partial charge is 0.355 e. The predicted octanol–water partition coefficient (Wildman–Crippen LogP) is 3.99. The zero-order valence-corrected chi connectivity index (χ0v) is 17.7. The maximum Gasteiger partial charge on any atom is 0.271 e. The Balaban J connectivity index is 1.43. The van der Waals surface area contributed by atoms with E-state index >= 15 is 0 Å². The summed E-state index contributed by atoms with van der Waals surface area (Å²) in [5.74, 6) is 0.128. The smallest absolute Gasteiger partial charge is 0.271 e. The lowest BCUT2D eigenvalue weighted by molar-refractivity contribution is -0.120. The molecule has 1 fully saturated rings. The number of aromatic nitrogens is 2. The van der Waals surface area contributed by atoms with Crippen molar-refractivity contribution in [3.63, 3.8) is 0 Å². The third-order valence-electron chi connectivity index (χ3n) is 5.14. The van der Waals surface area contributed by atoms with Crippen LogP contribution in [-0.2, 0) is 4.79 Å². The van der Waals surface area contributed by atoms with Gasteiger partial charge in [-0.25, -0.2) is 4.39 Å². The highest BCUT2D eigenvalue weighted by Gasteiger charge is 2.26. The van der Waals surface area contributed by atoms with Crippen LogP contribution in [0.15, 0.2) is 69.9 Å². The first kappa shape index (κ1) is 20.3. The molecule has 0 bridgehead atoms. The number of rotatable bonds is 4. The van der Waals surface area contributed by atoms with Crippen molar-refractivity contribution in [1.82, 2.24) is 9.78 Å². The average Bonchev–Trinajstić information content (AvgIpc) is 2.76. The number of carbonyl (C=O) groups is 1. The van der Waals surface area contributed by atoms with E-state index in [4.69, 9.17) is 0 Å². The van der Waals surface area contributed by atoms with Crippen molar-refractivity contribution in [3.8, 4) is 5.69 Å². The molecule has 8 heteroatoms. The van der Waals surface area contributed by atoms with Gasteiger partial charge in [-0.1, -0.05) is 22.0 Å². The molecule has 4 rings (SSSR count). The Morgan fingerprint density at radius 3 is 2.50 bits per heavy atom. The molecule has 6 nitrogen and oxygen atoms in total. The molecule has 1 N–H and O–H groups in total. The van der Waals surface area contributed by atoms with Crippen LogP contribution in [-0.4, -0.2) is 28.8 Å². The summed E-state index contributed by atoms with van der Waals surface area (Å²) in [4.78, 5) is 26.8. The molecule has 2 aromatic carbocycles. The van der Waals surface area contributed by atoms with E-state index in [1.54, 1.807) is 18.2 Å². The first-order valence-electron chi connectivity index (χ1n) is 9.67. The Morgan fingerprint density at radius 1 is 1.07 bits per heavy atom. The second-order valence-electron chi connectivity index (χ2n) is 7.18. The molecule has 30 heavy (non-hydrogen) atoms. The number of amides is 1. The van der Waals surface area contributed by atoms with Gasteiger partial charge >= 0.3 is 0 Å². The zero-order chi connectivity index (χ0) is 21.1. The third-order valence-corrected chi connectivity index (χ3v) is 5.67. The van der Waals surface area contributed by atoms with Gasteiger partial charge in [-0.15, -0.1) is 5.10 Å². The number of halogens is 2. The molecule has 0 unspecified atom stereocenters. The number of hydrogen-bond acceptors (Lipinski definition) is 4. The van der Waals surface area contributed by atoms with Crippen molar-refractivity contribution in [2.45, 2.75) is 12.8 Å². The van der Waals surface area contributed by atoms with Crippen LogP contribution in [0.25, 0.3) is 5.69 Å². The first-order valence-corrected chi connectivity index (χ1v) is 10.5. The summed E-state index contributed by atoms with van der Waals surface area (Å²) >= 11 is 3.38. The van der Waals surface area contributed by atoms with Crippen LogP contribution in [0.3, 0.4) is 0 Å². The highest BCUT2D eigenvalue weighted by Crippen LogP contribution is 2.23. The molecule has 1 aromatic heterocycles. The van der Waals surface area contributed by atoms with E-state index in [0.29, 0.717) is 37.4 Å². The van der Waals surface area contributed by atoms with E-state index in [9.17, 15) is 14.0 Å². The molecular weight excluding hydrogens is 451 g/mol. The van der Waals surface area contributed by atoms with Gasteiger partial charge in [0.25, 0.3) is 5.56 Å². The van der Waals surface area contributed by atoms with Gasteiger partial charge in [0, 0.05) is 35.2 Å². The van der Waals surface area contributed by atoms with E-state index in [1.807, 2.05) is 29.2 Å². The van der Waals surface area contributed by atoms with Gasteiger partial charge < -0.3 is 10.2 Å². The molecule has 0 saturated carbocycles. The minimum atomic E-state index is -0.427. The van der Waals surface area contributed by atoms with Crippen LogP contribution in [0.1, 0.15) is 12.8 Å². The molecule has 2 heterocycles. The van der Waals surface area contributed by atoms with Crippen molar-refractivity contribution in [2.75, 3.05) is 23.3 Å². The molecular formula is C22H20BrFN4O2. The first-order chi connectivity index (χ1) is 14.5. The number of anilines is 2. The van der Waals surface area contributed by atoms with Crippen molar-refractivity contribution in [3.05, 3.63) is 81.3 Å². The number of benzene rings is 2. The topological polar surface area (TPSA) is 67.2 Å². The molecule has 1 aliphatic heterocycles. The van der Waals surface area contributed by atoms with Gasteiger partial charge in [-0.2, -0.15) is 4.68 Å². The second-order valence-corrected chi connectivity index (χ2v) is 8.09. The number of hydrogen-bond donors (Lipinski definition) is 1. The number of piperidine rings is 1. The van der Waals surface area contributed by atoms with Crippen molar-refractivity contribution < 1.29 is 9.18 Å². The van der Waals surface area contributed by atoms with Gasteiger partial charge in [-0.05, 0) is 61.4 Å². The standard InChI is InChI=1S/C22H20BrFN4O2/c23-16-4-6-18(7-5-16)25-22(30)15-10-12-27(13-11-15)20-8-9-21(29)28(26-20)19-3-1-2-17(24)14-19/h1-9,14-15H,10-13H2,(H,25,30). The fraction of sp³-hybridized carbons (Fsp3) is 0.227. The van der Waals surface area contributed by atoms with Crippen LogP contribution in [0.2, 0.25) is 0 Å².